The lowest BCUT2D eigenvalue weighted by molar-refractivity contribution is -0.119. The first-order valence-corrected chi connectivity index (χ1v) is 14.4. The molecule has 0 radical (unpaired) electrons. The van der Waals surface area contributed by atoms with Crippen LogP contribution in [0.1, 0.15) is 36.0 Å². The van der Waals surface area contributed by atoms with Gasteiger partial charge in [-0.2, -0.15) is 8.61 Å². The van der Waals surface area contributed by atoms with Gasteiger partial charge >= 0.3 is 5.97 Å². The summed E-state index contributed by atoms with van der Waals surface area (Å²) < 4.78 is 58.3. The monoisotopic (exact) mass is 537 g/mol. The fourth-order valence-corrected chi connectivity index (χ4v) is 7.17. The van der Waals surface area contributed by atoms with Crippen molar-refractivity contribution in [2.75, 3.05) is 38.1 Å². The number of nitrogens with one attached hydrogen (secondary N) is 1. The first-order chi connectivity index (χ1) is 17.1. The Labute approximate surface area is 209 Å². The third kappa shape index (κ3) is 5.53. The molecule has 2 N–H and O–H groups in total. The normalized spacial score (nSPS) is 17.2. The van der Waals surface area contributed by atoms with Gasteiger partial charge in [0.2, 0.25) is 20.0 Å². The van der Waals surface area contributed by atoms with Gasteiger partial charge in [0.15, 0.2) is 6.61 Å². The highest BCUT2D eigenvalue weighted by Gasteiger charge is 2.29. The predicted molar refractivity (Wildman–Crippen MR) is 129 cm³/mol. The van der Waals surface area contributed by atoms with Gasteiger partial charge in [0.05, 0.1) is 9.79 Å². The van der Waals surface area contributed by atoms with Crippen molar-refractivity contribution in [3.63, 3.8) is 0 Å². The molecule has 2 aliphatic heterocycles. The number of hydrogen-bond donors (Lipinski definition) is 2. The molecule has 2 aromatic rings. The lowest BCUT2D eigenvalue weighted by Crippen LogP contribution is -2.28. The minimum atomic E-state index is -3.81. The van der Waals surface area contributed by atoms with E-state index >= 15 is 0 Å². The minimum absolute atomic E-state index is 0.119. The molecular formula is C23H27N3O8S2. The zero-order valence-corrected chi connectivity index (χ0v) is 21.1. The quantitative estimate of drug-likeness (QED) is 0.484. The molecule has 0 unspecified atom stereocenters. The number of carbonyl (C=O) groups is 2. The second-order valence-electron chi connectivity index (χ2n) is 8.55. The SMILES string of the molecule is O=C(COC(=O)c1cc(S(=O)(=O)N2CCCC2)ccc1O)Nc1ccc(S(=O)(=O)N2CCCC2)cc1. The number of ether oxygens (including phenoxy) is 1. The first kappa shape index (κ1) is 26.1. The number of amides is 1. The second kappa shape index (κ2) is 10.5. The van der Waals surface area contributed by atoms with Gasteiger partial charge in [-0.05, 0) is 68.1 Å². The van der Waals surface area contributed by atoms with E-state index in [1.54, 1.807) is 0 Å². The molecule has 0 aromatic heterocycles. The summed E-state index contributed by atoms with van der Waals surface area (Å²) in [6.07, 6.45) is 3.14. The van der Waals surface area contributed by atoms with Crippen LogP contribution >= 0.6 is 0 Å². The van der Waals surface area contributed by atoms with Crippen LogP contribution in [0.15, 0.2) is 52.3 Å². The molecule has 36 heavy (non-hydrogen) atoms. The van der Waals surface area contributed by atoms with Gasteiger partial charge in [-0.25, -0.2) is 21.6 Å². The number of sulfonamides is 2. The number of rotatable bonds is 8. The van der Waals surface area contributed by atoms with E-state index in [2.05, 4.69) is 5.32 Å². The van der Waals surface area contributed by atoms with Crippen molar-refractivity contribution in [3.05, 3.63) is 48.0 Å². The molecule has 2 aliphatic rings. The zero-order chi connectivity index (χ0) is 25.9. The molecule has 2 fully saturated rings. The molecule has 0 spiro atoms. The summed E-state index contributed by atoms with van der Waals surface area (Å²) in [5.74, 6) is -2.23. The van der Waals surface area contributed by atoms with Crippen LogP contribution in [0, 0.1) is 0 Å². The molecule has 0 saturated carbocycles. The van der Waals surface area contributed by atoms with E-state index < -0.39 is 44.3 Å². The van der Waals surface area contributed by atoms with Crippen molar-refractivity contribution in [1.82, 2.24) is 8.61 Å². The van der Waals surface area contributed by atoms with E-state index in [0.717, 1.165) is 37.8 Å². The van der Waals surface area contributed by atoms with Crippen molar-refractivity contribution in [3.8, 4) is 5.75 Å². The summed E-state index contributed by atoms with van der Waals surface area (Å²) in [7, 11) is -7.39. The standard InChI is InChI=1S/C23H27N3O8S2/c27-21-10-9-19(36(32,33)26-13-3-4-14-26)15-20(21)23(29)34-16-22(28)24-17-5-7-18(8-6-17)35(30,31)25-11-1-2-12-25/h5-10,15,27H,1-4,11-14,16H2,(H,24,28). The van der Waals surface area contributed by atoms with Gasteiger partial charge in [0, 0.05) is 31.9 Å². The summed E-state index contributed by atoms with van der Waals surface area (Å²) in [5.41, 5.74) is -0.0717. The average Bonchev–Trinajstić information content (AvgIpc) is 3.58. The molecule has 2 heterocycles. The molecule has 13 heteroatoms. The fraction of sp³-hybridized carbons (Fsp3) is 0.391. The molecular weight excluding hydrogens is 510 g/mol. The van der Waals surface area contributed by atoms with E-state index in [1.165, 1.54) is 38.9 Å². The van der Waals surface area contributed by atoms with Crippen molar-refractivity contribution >= 4 is 37.6 Å². The third-order valence-electron chi connectivity index (χ3n) is 6.07. The summed E-state index contributed by atoms with van der Waals surface area (Å²) in [6.45, 7) is 1.03. The number of carbonyl (C=O) groups excluding carboxylic acids is 2. The molecule has 0 aliphatic carbocycles. The van der Waals surface area contributed by atoms with Crippen LogP contribution in [-0.4, -0.2) is 75.2 Å². The fourth-order valence-electron chi connectivity index (χ4n) is 4.11. The molecule has 1 amide bonds. The van der Waals surface area contributed by atoms with E-state index in [0.29, 0.717) is 31.9 Å². The summed E-state index contributed by atoms with van der Waals surface area (Å²) in [4.78, 5) is 24.7. The van der Waals surface area contributed by atoms with E-state index in [1.807, 2.05) is 0 Å². The Morgan fingerprint density at radius 2 is 1.31 bits per heavy atom. The number of phenols is 1. The molecule has 0 atom stereocenters. The van der Waals surface area contributed by atoms with Gasteiger partial charge in [0.1, 0.15) is 11.3 Å². The third-order valence-corrected chi connectivity index (χ3v) is 9.87. The van der Waals surface area contributed by atoms with Crippen LogP contribution in [0.2, 0.25) is 0 Å². The highest BCUT2D eigenvalue weighted by atomic mass is 32.2. The molecule has 4 rings (SSSR count). The van der Waals surface area contributed by atoms with Crippen LogP contribution in [0.3, 0.4) is 0 Å². The minimum Gasteiger partial charge on any atom is -0.507 e. The second-order valence-corrected chi connectivity index (χ2v) is 12.4. The van der Waals surface area contributed by atoms with Crippen LogP contribution in [0.25, 0.3) is 0 Å². The highest BCUT2D eigenvalue weighted by molar-refractivity contribution is 7.89. The summed E-state index contributed by atoms with van der Waals surface area (Å²) in [5, 5.41) is 12.5. The maximum Gasteiger partial charge on any atom is 0.342 e. The number of anilines is 1. The number of benzene rings is 2. The Morgan fingerprint density at radius 3 is 1.86 bits per heavy atom. The Hall–Kier alpha value is -3.00. The van der Waals surface area contributed by atoms with Crippen molar-refractivity contribution in [2.24, 2.45) is 0 Å². The smallest absolute Gasteiger partial charge is 0.342 e. The Morgan fingerprint density at radius 1 is 0.806 bits per heavy atom. The van der Waals surface area contributed by atoms with Crippen LogP contribution in [0.4, 0.5) is 5.69 Å². The van der Waals surface area contributed by atoms with Gasteiger partial charge in [-0.1, -0.05) is 0 Å². The average molecular weight is 538 g/mol. The van der Waals surface area contributed by atoms with Crippen molar-refractivity contribution in [2.45, 2.75) is 35.5 Å². The van der Waals surface area contributed by atoms with Crippen LogP contribution in [0.5, 0.6) is 5.75 Å². The van der Waals surface area contributed by atoms with Gasteiger partial charge in [-0.3, -0.25) is 4.79 Å². The van der Waals surface area contributed by atoms with Gasteiger partial charge < -0.3 is 15.2 Å². The number of nitrogens with zero attached hydrogens (tertiary/aromatic N) is 2. The number of phenolic OH excluding ortho intramolecular Hbond substituents is 1. The lowest BCUT2D eigenvalue weighted by atomic mass is 10.2. The van der Waals surface area contributed by atoms with E-state index in [4.69, 9.17) is 4.74 Å². The topological polar surface area (TPSA) is 150 Å². The maximum absolute atomic E-state index is 12.7. The molecule has 0 bridgehead atoms. The van der Waals surface area contributed by atoms with E-state index in [-0.39, 0.29) is 15.4 Å². The number of hydrogen-bond acceptors (Lipinski definition) is 8. The van der Waals surface area contributed by atoms with Crippen molar-refractivity contribution < 1.29 is 36.3 Å². The lowest BCUT2D eigenvalue weighted by Gasteiger charge is -2.16. The first-order valence-electron chi connectivity index (χ1n) is 11.5. The number of aromatic hydroxyl groups is 1. The largest absolute Gasteiger partial charge is 0.507 e. The summed E-state index contributed by atoms with van der Waals surface area (Å²) in [6, 6.07) is 8.97. The Kier molecular flexibility index (Phi) is 7.64. The molecule has 2 saturated heterocycles. The molecule has 2 aromatic carbocycles. The highest BCUT2D eigenvalue weighted by Crippen LogP contribution is 2.26. The van der Waals surface area contributed by atoms with Gasteiger partial charge in [-0.15, -0.1) is 0 Å². The maximum atomic E-state index is 12.7. The molecule has 11 nitrogen and oxygen atoms in total. The number of esters is 1. The Bertz CT molecular complexity index is 1350. The van der Waals surface area contributed by atoms with Crippen molar-refractivity contribution in [1.29, 1.82) is 0 Å². The predicted octanol–water partition coefficient (Wildman–Crippen LogP) is 1.76. The molecule has 194 valence electrons. The van der Waals surface area contributed by atoms with Crippen LogP contribution in [-0.2, 0) is 29.6 Å². The van der Waals surface area contributed by atoms with E-state index in [9.17, 15) is 31.5 Å². The summed E-state index contributed by atoms with van der Waals surface area (Å²) >= 11 is 0. The van der Waals surface area contributed by atoms with Crippen LogP contribution < -0.4 is 5.32 Å². The van der Waals surface area contributed by atoms with Gasteiger partial charge in [0.25, 0.3) is 5.91 Å². The zero-order valence-electron chi connectivity index (χ0n) is 19.4. The Balaban J connectivity index is 1.36.